The van der Waals surface area contributed by atoms with Crippen molar-refractivity contribution in [3.05, 3.63) is 70.7 Å². The Morgan fingerprint density at radius 2 is 1.57 bits per heavy atom. The first-order valence-corrected chi connectivity index (χ1v) is 12.7. The fourth-order valence-corrected chi connectivity index (χ4v) is 6.67. The first kappa shape index (κ1) is 20.8. The maximum Gasteiger partial charge on any atom is 0.261 e. The Kier molecular flexibility index (Phi) is 6.38. The Morgan fingerprint density at radius 1 is 1.00 bits per heavy atom. The van der Waals surface area contributed by atoms with Crippen LogP contribution in [-0.4, -0.2) is 31.1 Å². The fraction of sp³-hybridized carbons (Fsp3) is 0.364. The Hall–Kier alpha value is -1.95. The zero-order valence-electron chi connectivity index (χ0n) is 16.5. The number of likely N-dealkylation sites (tertiary alicyclic amines) is 1. The number of β-lactam (4-membered cyclic amide) rings is 1. The predicted molar refractivity (Wildman–Crippen MR) is 114 cm³/mol. The molecule has 2 amide bonds. The van der Waals surface area contributed by atoms with Crippen molar-refractivity contribution in [1.29, 1.82) is 0 Å². The molecule has 148 valence electrons. The van der Waals surface area contributed by atoms with Gasteiger partial charge in [0.2, 0.25) is 0 Å². The van der Waals surface area contributed by atoms with E-state index in [1.54, 1.807) is 24.3 Å². The van der Waals surface area contributed by atoms with Crippen LogP contribution in [0.3, 0.4) is 0 Å². The third kappa shape index (κ3) is 3.79. The molecule has 0 bridgehead atoms. The smallest absolute Gasteiger partial charge is 0.261 e. The summed E-state index contributed by atoms with van der Waals surface area (Å²) in [6.45, 7) is 6.41. The van der Waals surface area contributed by atoms with Gasteiger partial charge >= 0.3 is 0 Å². The molecule has 2 unspecified atom stereocenters. The molecular weight excluding hydrogens is 390 g/mol. The number of carbonyl (C=O) groups is 2. The van der Waals surface area contributed by atoms with Crippen molar-refractivity contribution < 1.29 is 14.0 Å². The molecule has 0 radical (unpaired) electrons. The van der Waals surface area contributed by atoms with E-state index in [0.29, 0.717) is 10.6 Å². The highest BCUT2D eigenvalue weighted by molar-refractivity contribution is 6.73. The second-order valence-corrected chi connectivity index (χ2v) is 12.3. The molecular formula is C22H26ClNO3Si. The normalized spacial score (nSPS) is 19.4. The van der Waals surface area contributed by atoms with E-state index in [4.69, 9.17) is 16.0 Å². The summed E-state index contributed by atoms with van der Waals surface area (Å²) < 4.78 is 6.51. The number of nitrogens with zero attached hydrogens (tertiary/aromatic N) is 1. The summed E-state index contributed by atoms with van der Waals surface area (Å²) in [4.78, 5) is 27.4. The Balaban J connectivity index is 1.93. The van der Waals surface area contributed by atoms with E-state index in [2.05, 4.69) is 20.8 Å². The molecule has 0 N–H and O–H groups in total. The van der Waals surface area contributed by atoms with Gasteiger partial charge < -0.3 is 4.43 Å². The fourth-order valence-electron chi connectivity index (χ4n) is 3.78. The van der Waals surface area contributed by atoms with Crippen LogP contribution in [0.5, 0.6) is 0 Å². The number of amides is 2. The number of hydrogen-bond donors (Lipinski definition) is 0. The van der Waals surface area contributed by atoms with E-state index < -0.39 is 20.5 Å². The number of imide groups is 1. The molecule has 1 heterocycles. The predicted octanol–water partition coefficient (Wildman–Crippen LogP) is 5.45. The van der Waals surface area contributed by atoms with Gasteiger partial charge in [-0.2, -0.15) is 0 Å². The molecule has 0 aliphatic carbocycles. The van der Waals surface area contributed by atoms with Gasteiger partial charge in [-0.15, -0.1) is 0 Å². The quantitative estimate of drug-likeness (QED) is 0.343. The van der Waals surface area contributed by atoms with E-state index in [9.17, 15) is 9.59 Å². The summed E-state index contributed by atoms with van der Waals surface area (Å²) in [5.74, 6) is -0.562. The van der Waals surface area contributed by atoms with Crippen LogP contribution >= 0.6 is 11.6 Å². The lowest BCUT2D eigenvalue weighted by molar-refractivity contribution is -0.158. The summed E-state index contributed by atoms with van der Waals surface area (Å²) in [6.07, 6.45) is -0.592. The van der Waals surface area contributed by atoms with Gasteiger partial charge in [-0.1, -0.05) is 62.7 Å². The number of hydrogen-bond acceptors (Lipinski definition) is 3. The van der Waals surface area contributed by atoms with Crippen LogP contribution in [0.25, 0.3) is 0 Å². The Bertz CT molecular complexity index is 828. The molecule has 1 aliphatic heterocycles. The van der Waals surface area contributed by atoms with Crippen molar-refractivity contribution in [3.8, 4) is 0 Å². The van der Waals surface area contributed by atoms with Crippen LogP contribution < -0.4 is 0 Å². The molecule has 6 heteroatoms. The monoisotopic (exact) mass is 415 g/mol. The zero-order valence-corrected chi connectivity index (χ0v) is 18.3. The second kappa shape index (κ2) is 8.60. The van der Waals surface area contributed by atoms with Crippen LogP contribution in [-0.2, 0) is 9.22 Å². The van der Waals surface area contributed by atoms with Crippen molar-refractivity contribution in [2.24, 2.45) is 0 Å². The van der Waals surface area contributed by atoms with Gasteiger partial charge in [0.25, 0.3) is 11.8 Å². The number of halogens is 1. The van der Waals surface area contributed by atoms with E-state index in [1.165, 1.54) is 4.90 Å². The SMILES string of the molecule is CC[Si](CC)(CC)OC1C(=O)N(C(=O)c2ccc(Cl)cc2)C1c1ccccc1. The Morgan fingerprint density at radius 3 is 2.11 bits per heavy atom. The van der Waals surface area contributed by atoms with Gasteiger partial charge in [-0.3, -0.25) is 14.5 Å². The standard InChI is InChI=1S/C22H26ClNO3Si/c1-4-28(5-2,6-3)27-20-19(16-10-8-7-9-11-16)24(22(20)26)21(25)17-12-14-18(23)15-13-17/h7-15,19-20H,4-6H2,1-3H3. The molecule has 28 heavy (non-hydrogen) atoms. The topological polar surface area (TPSA) is 46.6 Å². The third-order valence-corrected chi connectivity index (χ3v) is 10.7. The van der Waals surface area contributed by atoms with Gasteiger partial charge in [-0.25, -0.2) is 0 Å². The average Bonchev–Trinajstić information content (AvgIpc) is 2.74. The average molecular weight is 416 g/mol. The largest absolute Gasteiger partial charge is 0.403 e. The van der Waals surface area contributed by atoms with Crippen LogP contribution in [0.4, 0.5) is 0 Å². The third-order valence-electron chi connectivity index (χ3n) is 5.81. The first-order chi connectivity index (χ1) is 13.5. The molecule has 2 aromatic rings. The molecule has 1 aliphatic rings. The molecule has 1 fully saturated rings. The summed E-state index contributed by atoms with van der Waals surface area (Å²) in [5, 5.41) is 0.553. The van der Waals surface area contributed by atoms with Gasteiger partial charge in [0.05, 0.1) is 6.04 Å². The van der Waals surface area contributed by atoms with E-state index in [0.717, 1.165) is 23.7 Å². The minimum Gasteiger partial charge on any atom is -0.403 e. The van der Waals surface area contributed by atoms with Crippen molar-refractivity contribution in [2.75, 3.05) is 0 Å². The van der Waals surface area contributed by atoms with Crippen molar-refractivity contribution in [2.45, 2.75) is 51.0 Å². The van der Waals surface area contributed by atoms with Crippen LogP contribution in [0.2, 0.25) is 23.2 Å². The highest BCUT2D eigenvalue weighted by Gasteiger charge is 2.54. The summed E-state index contributed by atoms with van der Waals surface area (Å²) in [5.41, 5.74) is 1.36. The van der Waals surface area contributed by atoms with Gasteiger partial charge in [0.1, 0.15) is 0 Å². The maximum atomic E-state index is 13.1. The summed E-state index contributed by atoms with van der Waals surface area (Å²) in [7, 11) is -1.99. The van der Waals surface area contributed by atoms with E-state index >= 15 is 0 Å². The molecule has 2 atom stereocenters. The first-order valence-electron chi connectivity index (χ1n) is 9.82. The molecule has 4 nitrogen and oxygen atoms in total. The highest BCUT2D eigenvalue weighted by atomic mass is 35.5. The molecule has 2 aromatic carbocycles. The highest BCUT2D eigenvalue weighted by Crippen LogP contribution is 2.41. The second-order valence-electron chi connectivity index (χ2n) is 7.16. The minimum absolute atomic E-state index is 0.249. The van der Waals surface area contributed by atoms with Gasteiger partial charge in [-0.05, 0) is 48.0 Å². The van der Waals surface area contributed by atoms with Crippen LogP contribution in [0.1, 0.15) is 42.7 Å². The molecule has 1 saturated heterocycles. The van der Waals surface area contributed by atoms with Gasteiger partial charge in [0, 0.05) is 10.6 Å². The lowest BCUT2D eigenvalue weighted by Gasteiger charge is -2.48. The van der Waals surface area contributed by atoms with E-state index in [-0.39, 0.29) is 11.8 Å². The lowest BCUT2D eigenvalue weighted by Crippen LogP contribution is -2.64. The molecule has 0 spiro atoms. The lowest BCUT2D eigenvalue weighted by atomic mass is 9.90. The number of carbonyl (C=O) groups excluding carboxylic acids is 2. The number of rotatable bonds is 7. The van der Waals surface area contributed by atoms with Crippen LogP contribution in [0, 0.1) is 0 Å². The minimum atomic E-state index is -1.99. The van der Waals surface area contributed by atoms with Crippen LogP contribution in [0.15, 0.2) is 54.6 Å². The van der Waals surface area contributed by atoms with E-state index in [1.807, 2.05) is 30.3 Å². The zero-order chi connectivity index (χ0) is 20.3. The number of benzene rings is 2. The molecule has 3 rings (SSSR count). The Labute approximate surface area is 172 Å². The maximum absolute atomic E-state index is 13.1. The summed E-state index contributed by atoms with van der Waals surface area (Å²) in [6, 6.07) is 18.8. The molecule has 0 saturated carbocycles. The summed E-state index contributed by atoms with van der Waals surface area (Å²) >= 11 is 5.93. The van der Waals surface area contributed by atoms with Crippen molar-refractivity contribution >= 4 is 31.7 Å². The van der Waals surface area contributed by atoms with Crippen molar-refractivity contribution in [1.82, 2.24) is 4.90 Å². The van der Waals surface area contributed by atoms with Gasteiger partial charge in [0.15, 0.2) is 14.4 Å². The molecule has 0 aromatic heterocycles. The van der Waals surface area contributed by atoms with Crippen molar-refractivity contribution in [3.63, 3.8) is 0 Å².